The molecule has 1 heterocycles. The summed E-state index contributed by atoms with van der Waals surface area (Å²) in [5.41, 5.74) is 0.836. The van der Waals surface area contributed by atoms with Crippen molar-refractivity contribution in [3.8, 4) is 0 Å². The Morgan fingerprint density at radius 1 is 1.60 bits per heavy atom. The minimum atomic E-state index is -1.03. The Morgan fingerprint density at radius 2 is 2.20 bits per heavy atom. The van der Waals surface area contributed by atoms with Gasteiger partial charge >= 0.3 is 0 Å². The largest absolute Gasteiger partial charge is 0.390 e. The minimum absolute atomic E-state index is 0.429. The van der Waals surface area contributed by atoms with Crippen LogP contribution in [0.15, 0.2) is 6.07 Å². The summed E-state index contributed by atoms with van der Waals surface area (Å²) in [4.78, 5) is 0. The third kappa shape index (κ3) is 2.79. The van der Waals surface area contributed by atoms with Gasteiger partial charge in [0.15, 0.2) is 0 Å². The van der Waals surface area contributed by atoms with Crippen LogP contribution in [0, 0.1) is 6.92 Å². The van der Waals surface area contributed by atoms with Crippen molar-refractivity contribution in [3.63, 3.8) is 0 Å². The molecule has 0 bridgehead atoms. The molecule has 0 aliphatic rings. The molecule has 0 amide bonds. The van der Waals surface area contributed by atoms with E-state index in [1.54, 1.807) is 11.6 Å². The number of aromatic nitrogens is 2. The molecule has 4 nitrogen and oxygen atoms in total. The number of hydrogen-bond acceptors (Lipinski definition) is 3. The van der Waals surface area contributed by atoms with Crippen LogP contribution in [-0.4, -0.2) is 31.7 Å². The summed E-state index contributed by atoms with van der Waals surface area (Å²) in [5, 5.41) is 23.9. The van der Waals surface area contributed by atoms with Gasteiger partial charge in [-0.1, -0.05) is 6.92 Å². The Morgan fingerprint density at radius 3 is 2.60 bits per heavy atom. The summed E-state index contributed by atoms with van der Waals surface area (Å²) < 4.78 is 1.74. The van der Waals surface area contributed by atoms with Crippen LogP contribution in [0.5, 0.6) is 0 Å². The number of rotatable bonds is 4. The highest BCUT2D eigenvalue weighted by Gasteiger charge is 2.28. The van der Waals surface area contributed by atoms with Crippen LogP contribution in [0.25, 0.3) is 0 Å². The maximum atomic E-state index is 9.87. The molecule has 0 aliphatic heterocycles. The zero-order chi connectivity index (χ0) is 11.6. The van der Waals surface area contributed by atoms with Crippen molar-refractivity contribution < 1.29 is 10.2 Å². The molecule has 0 radical (unpaired) electrons. The van der Waals surface area contributed by atoms with Crippen LogP contribution in [0.3, 0.4) is 0 Å². The predicted molar refractivity (Wildman–Crippen MR) is 58.6 cm³/mol. The number of aryl methyl sites for hydroxylation is 2. The molecule has 86 valence electrons. The van der Waals surface area contributed by atoms with Gasteiger partial charge < -0.3 is 10.2 Å². The fraction of sp³-hybridized carbons (Fsp3) is 0.727. The van der Waals surface area contributed by atoms with Gasteiger partial charge in [-0.25, -0.2) is 0 Å². The molecule has 1 aromatic heterocycles. The average molecular weight is 212 g/mol. The minimum Gasteiger partial charge on any atom is -0.390 e. The Hall–Kier alpha value is -0.870. The molecule has 15 heavy (non-hydrogen) atoms. The van der Waals surface area contributed by atoms with E-state index in [0.29, 0.717) is 12.8 Å². The van der Waals surface area contributed by atoms with Crippen LogP contribution in [0.1, 0.15) is 31.7 Å². The molecule has 0 saturated carbocycles. The van der Waals surface area contributed by atoms with Gasteiger partial charge in [-0.3, -0.25) is 4.68 Å². The Kier molecular flexibility index (Phi) is 3.52. The van der Waals surface area contributed by atoms with E-state index in [4.69, 9.17) is 0 Å². The maximum Gasteiger partial charge on any atom is 0.0879 e. The third-order valence-electron chi connectivity index (χ3n) is 2.94. The molecule has 2 unspecified atom stereocenters. The van der Waals surface area contributed by atoms with E-state index >= 15 is 0 Å². The normalized spacial score (nSPS) is 17.5. The van der Waals surface area contributed by atoms with Gasteiger partial charge in [-0.2, -0.15) is 5.10 Å². The van der Waals surface area contributed by atoms with Crippen molar-refractivity contribution >= 4 is 0 Å². The van der Waals surface area contributed by atoms with E-state index in [2.05, 4.69) is 5.10 Å². The fourth-order valence-electron chi connectivity index (χ4n) is 1.51. The summed E-state index contributed by atoms with van der Waals surface area (Å²) in [7, 11) is 1.84. The Balaban J connectivity index is 2.74. The van der Waals surface area contributed by atoms with Crippen LogP contribution in [0.2, 0.25) is 0 Å². The molecule has 1 aromatic rings. The lowest BCUT2D eigenvalue weighted by Gasteiger charge is -2.27. The molecular formula is C11H20N2O2. The van der Waals surface area contributed by atoms with Gasteiger partial charge in [0.1, 0.15) is 0 Å². The molecular weight excluding hydrogens is 192 g/mol. The summed E-state index contributed by atoms with van der Waals surface area (Å²) >= 11 is 0. The first kappa shape index (κ1) is 12.2. The predicted octanol–water partition coefficient (Wildman–Crippen LogP) is 0.793. The summed E-state index contributed by atoms with van der Waals surface area (Å²) in [5.74, 6) is 0. The molecule has 2 N–H and O–H groups in total. The van der Waals surface area contributed by atoms with Crippen molar-refractivity contribution in [2.24, 2.45) is 7.05 Å². The van der Waals surface area contributed by atoms with Crippen molar-refractivity contribution in [2.75, 3.05) is 0 Å². The molecule has 0 spiro atoms. The van der Waals surface area contributed by atoms with Crippen LogP contribution < -0.4 is 0 Å². The molecule has 0 aromatic carbocycles. The number of aliphatic hydroxyl groups is 2. The van der Waals surface area contributed by atoms with Crippen molar-refractivity contribution in [1.82, 2.24) is 9.78 Å². The molecule has 4 heteroatoms. The van der Waals surface area contributed by atoms with E-state index in [1.165, 1.54) is 0 Å². The lowest BCUT2D eigenvalue weighted by atomic mass is 9.93. The summed E-state index contributed by atoms with van der Waals surface area (Å²) in [6.07, 6.45) is 0.209. The van der Waals surface area contributed by atoms with Gasteiger partial charge in [-0.05, 0) is 26.3 Å². The van der Waals surface area contributed by atoms with E-state index in [-0.39, 0.29) is 0 Å². The van der Waals surface area contributed by atoms with Gasteiger partial charge in [0.2, 0.25) is 0 Å². The molecule has 0 saturated heterocycles. The summed E-state index contributed by atoms with van der Waals surface area (Å²) in [6.45, 7) is 5.42. The highest BCUT2D eigenvalue weighted by Crippen LogP contribution is 2.18. The highest BCUT2D eigenvalue weighted by molar-refractivity contribution is 5.10. The fourth-order valence-corrected chi connectivity index (χ4v) is 1.51. The standard InChI is InChI=1S/C11H20N2O2/c1-5-11(3,15)10(14)7-9-6-8(2)12-13(9)4/h6,10,14-15H,5,7H2,1-4H3. The first-order chi connectivity index (χ1) is 6.86. The zero-order valence-corrected chi connectivity index (χ0v) is 9.86. The average Bonchev–Trinajstić information content (AvgIpc) is 2.45. The molecule has 2 atom stereocenters. The second kappa shape index (κ2) is 4.33. The number of aliphatic hydroxyl groups excluding tert-OH is 1. The second-order valence-electron chi connectivity index (χ2n) is 4.33. The first-order valence-electron chi connectivity index (χ1n) is 5.26. The first-order valence-corrected chi connectivity index (χ1v) is 5.26. The van der Waals surface area contributed by atoms with E-state index < -0.39 is 11.7 Å². The highest BCUT2D eigenvalue weighted by atomic mass is 16.3. The van der Waals surface area contributed by atoms with Gasteiger partial charge in [0, 0.05) is 19.2 Å². The number of hydrogen-bond donors (Lipinski definition) is 2. The summed E-state index contributed by atoms with van der Waals surface area (Å²) in [6, 6.07) is 1.93. The van der Waals surface area contributed by atoms with E-state index in [1.807, 2.05) is 27.0 Å². The molecule has 1 rings (SSSR count). The Bertz CT molecular complexity index is 331. The van der Waals surface area contributed by atoms with Crippen LogP contribution >= 0.6 is 0 Å². The number of nitrogens with zero attached hydrogens (tertiary/aromatic N) is 2. The lowest BCUT2D eigenvalue weighted by molar-refractivity contribution is -0.0636. The topological polar surface area (TPSA) is 58.3 Å². The Labute approximate surface area is 90.5 Å². The van der Waals surface area contributed by atoms with Crippen molar-refractivity contribution in [3.05, 3.63) is 17.5 Å². The SMILES string of the molecule is CCC(C)(O)C(O)Cc1cc(C)nn1C. The van der Waals surface area contributed by atoms with E-state index in [0.717, 1.165) is 11.4 Å². The zero-order valence-electron chi connectivity index (χ0n) is 9.86. The van der Waals surface area contributed by atoms with Gasteiger partial charge in [0.25, 0.3) is 0 Å². The van der Waals surface area contributed by atoms with Crippen LogP contribution in [0.4, 0.5) is 0 Å². The molecule has 0 aliphatic carbocycles. The van der Waals surface area contributed by atoms with Crippen molar-refractivity contribution in [1.29, 1.82) is 0 Å². The van der Waals surface area contributed by atoms with E-state index in [9.17, 15) is 10.2 Å². The third-order valence-corrected chi connectivity index (χ3v) is 2.94. The maximum absolute atomic E-state index is 9.87. The quantitative estimate of drug-likeness (QED) is 0.776. The van der Waals surface area contributed by atoms with Gasteiger partial charge in [0.05, 0.1) is 17.4 Å². The monoisotopic (exact) mass is 212 g/mol. The van der Waals surface area contributed by atoms with Crippen LogP contribution in [-0.2, 0) is 13.5 Å². The van der Waals surface area contributed by atoms with Crippen molar-refractivity contribution in [2.45, 2.75) is 45.3 Å². The second-order valence-corrected chi connectivity index (χ2v) is 4.33. The molecule has 0 fully saturated rings. The van der Waals surface area contributed by atoms with Gasteiger partial charge in [-0.15, -0.1) is 0 Å². The lowest BCUT2D eigenvalue weighted by Crippen LogP contribution is -2.40. The smallest absolute Gasteiger partial charge is 0.0879 e.